The van der Waals surface area contributed by atoms with E-state index in [0.717, 1.165) is 64.2 Å². The van der Waals surface area contributed by atoms with Gasteiger partial charge in [-0.1, -0.05) is 147 Å². The molecule has 2 heteroatoms. The molecule has 4 aliphatic carbocycles. The van der Waals surface area contributed by atoms with Gasteiger partial charge >= 0.3 is 0 Å². The van der Waals surface area contributed by atoms with Crippen molar-refractivity contribution >= 4 is 61.6 Å². The van der Waals surface area contributed by atoms with E-state index in [9.17, 15) is 0 Å². The van der Waals surface area contributed by atoms with E-state index in [1.165, 1.54) is 128 Å². The molecule has 0 N–H and O–H groups in total. The van der Waals surface area contributed by atoms with Crippen molar-refractivity contribution < 1.29 is 0 Å². The molecular weight excluding hydrogens is 833 g/mol. The minimum Gasteiger partial charge on any atom is -0.310 e. The normalized spacial score (nSPS) is 17.5. The number of nitrogens with zero attached hydrogens (tertiary/aromatic N) is 2. The molecule has 2 nitrogen and oxygen atoms in total. The predicted octanol–water partition coefficient (Wildman–Crippen LogP) is 17.9. The molecule has 0 aromatic heterocycles. The zero-order chi connectivity index (χ0) is 45.8. The van der Waals surface area contributed by atoms with Crippen molar-refractivity contribution in [1.29, 1.82) is 0 Å². The third kappa shape index (κ3) is 6.31. The van der Waals surface area contributed by atoms with Crippen LogP contribution >= 0.6 is 0 Å². The van der Waals surface area contributed by atoms with Crippen LogP contribution in [-0.4, -0.2) is 0 Å². The second-order valence-corrected chi connectivity index (χ2v) is 20.7. The maximum absolute atomic E-state index is 2.60. The molecule has 2 heterocycles. The van der Waals surface area contributed by atoms with Gasteiger partial charge in [-0.05, 0) is 212 Å². The third-order valence-electron chi connectivity index (χ3n) is 16.6. The molecule has 0 bridgehead atoms. The minimum absolute atomic E-state index is 0.159. The topological polar surface area (TPSA) is 6.48 Å². The van der Waals surface area contributed by atoms with Gasteiger partial charge in [0.15, 0.2) is 0 Å². The number of rotatable bonds is 4. The molecule has 0 saturated carbocycles. The van der Waals surface area contributed by atoms with Gasteiger partial charge in [0.1, 0.15) is 0 Å². The Morgan fingerprint density at radius 1 is 0.420 bits per heavy atom. The van der Waals surface area contributed by atoms with Crippen LogP contribution < -0.4 is 9.80 Å². The summed E-state index contributed by atoms with van der Waals surface area (Å²) in [6.07, 6.45) is 25.0. The van der Waals surface area contributed by atoms with Gasteiger partial charge in [-0.2, -0.15) is 0 Å². The largest absolute Gasteiger partial charge is 0.310 e. The maximum Gasteiger partial charge on any atom is 0.0493 e. The summed E-state index contributed by atoms with van der Waals surface area (Å²) in [6, 6.07) is 56.8. The SMILES string of the molecule is CC1(C)C2=C(CCC=C2)c2cccc(-c3c4ccc(N5C6=C(CCC=C6)CCc6ccccc65)cc4c(-c4ccc5c(c4)CCC=C5)c4ccc(N5c6ccccc6CCc6ccccc65)cc34)c21. The molecular formula is C67H56N2. The predicted molar refractivity (Wildman–Crippen MR) is 292 cm³/mol. The molecule has 6 aliphatic rings. The molecule has 8 aromatic rings. The van der Waals surface area contributed by atoms with E-state index in [2.05, 4.69) is 206 Å². The zero-order valence-corrected chi connectivity index (χ0v) is 39.8. The Kier molecular flexibility index (Phi) is 9.32. The number of benzene rings is 8. The molecule has 334 valence electrons. The average molecular weight is 889 g/mol. The quantitative estimate of drug-likeness (QED) is 0.163. The van der Waals surface area contributed by atoms with E-state index in [1.807, 2.05) is 0 Å². The van der Waals surface area contributed by atoms with Crippen LogP contribution in [-0.2, 0) is 31.1 Å². The van der Waals surface area contributed by atoms with Gasteiger partial charge in [-0.25, -0.2) is 0 Å². The van der Waals surface area contributed by atoms with Crippen molar-refractivity contribution in [2.45, 2.75) is 83.5 Å². The van der Waals surface area contributed by atoms with Gasteiger partial charge in [0, 0.05) is 39.5 Å². The monoisotopic (exact) mass is 888 g/mol. The summed E-state index contributed by atoms with van der Waals surface area (Å²) in [5, 5.41) is 5.19. The number of hydrogen-bond donors (Lipinski definition) is 0. The third-order valence-corrected chi connectivity index (χ3v) is 16.6. The van der Waals surface area contributed by atoms with Gasteiger partial charge in [0.25, 0.3) is 0 Å². The Balaban J connectivity index is 1.12. The fourth-order valence-electron chi connectivity index (χ4n) is 13.4. The number of hydrogen-bond acceptors (Lipinski definition) is 2. The van der Waals surface area contributed by atoms with Crippen LogP contribution in [0.5, 0.6) is 0 Å². The summed E-state index contributed by atoms with van der Waals surface area (Å²) in [5.74, 6) is 0. The Labute approximate surface area is 407 Å². The van der Waals surface area contributed by atoms with Gasteiger partial charge in [0.05, 0.1) is 0 Å². The van der Waals surface area contributed by atoms with Crippen LogP contribution in [0.25, 0.3) is 55.4 Å². The van der Waals surface area contributed by atoms with E-state index in [4.69, 9.17) is 0 Å². The smallest absolute Gasteiger partial charge is 0.0493 e. The fourth-order valence-corrected chi connectivity index (χ4v) is 13.4. The van der Waals surface area contributed by atoms with E-state index >= 15 is 0 Å². The first kappa shape index (κ1) is 40.6. The second kappa shape index (κ2) is 15.8. The second-order valence-electron chi connectivity index (χ2n) is 20.7. The number of anilines is 5. The minimum atomic E-state index is -0.159. The van der Waals surface area contributed by atoms with Crippen molar-refractivity contribution in [2.75, 3.05) is 9.80 Å². The molecule has 0 saturated heterocycles. The lowest BCUT2D eigenvalue weighted by molar-refractivity contribution is 0.653. The molecule has 0 fully saturated rings. The molecule has 0 amide bonds. The molecule has 2 aliphatic heterocycles. The van der Waals surface area contributed by atoms with E-state index in [-0.39, 0.29) is 5.41 Å². The van der Waals surface area contributed by atoms with Gasteiger partial charge in [-0.15, -0.1) is 0 Å². The number of para-hydroxylation sites is 3. The lowest BCUT2D eigenvalue weighted by Gasteiger charge is -2.31. The Bertz CT molecular complexity index is 3610. The molecule has 0 atom stereocenters. The van der Waals surface area contributed by atoms with Crippen molar-refractivity contribution in [3.05, 3.63) is 232 Å². The van der Waals surface area contributed by atoms with E-state index < -0.39 is 0 Å². The van der Waals surface area contributed by atoms with E-state index in [0.29, 0.717) is 0 Å². The summed E-state index contributed by atoms with van der Waals surface area (Å²) >= 11 is 0. The van der Waals surface area contributed by atoms with Gasteiger partial charge < -0.3 is 9.80 Å². The molecule has 69 heavy (non-hydrogen) atoms. The number of aryl methyl sites for hydroxylation is 4. The lowest BCUT2D eigenvalue weighted by Crippen LogP contribution is -2.18. The molecule has 0 unspecified atom stereocenters. The van der Waals surface area contributed by atoms with Crippen LogP contribution in [0.1, 0.15) is 91.3 Å². The summed E-state index contributed by atoms with van der Waals surface area (Å²) in [4.78, 5) is 5.16. The van der Waals surface area contributed by atoms with Crippen LogP contribution in [0.4, 0.5) is 28.4 Å². The Morgan fingerprint density at radius 2 is 1.01 bits per heavy atom. The summed E-state index contributed by atoms with van der Waals surface area (Å²) < 4.78 is 0. The first-order chi connectivity index (χ1) is 34.0. The van der Waals surface area contributed by atoms with Crippen molar-refractivity contribution in [2.24, 2.45) is 0 Å². The van der Waals surface area contributed by atoms with Crippen LogP contribution in [0.15, 0.2) is 193 Å². The Hall–Kier alpha value is -7.42. The van der Waals surface area contributed by atoms with E-state index in [1.54, 1.807) is 5.57 Å². The molecule has 8 aromatic carbocycles. The maximum atomic E-state index is 2.60. The summed E-state index contributed by atoms with van der Waals surface area (Å²) in [5.41, 5.74) is 27.1. The Morgan fingerprint density at radius 3 is 1.77 bits per heavy atom. The highest BCUT2D eigenvalue weighted by molar-refractivity contribution is 6.23. The number of allylic oxidation sites excluding steroid dienone is 8. The zero-order valence-electron chi connectivity index (χ0n) is 39.8. The number of fused-ring (bicyclic) bond motifs is 8. The highest BCUT2D eigenvalue weighted by Gasteiger charge is 2.40. The van der Waals surface area contributed by atoms with Crippen LogP contribution in [0.2, 0.25) is 0 Å². The first-order valence-electron chi connectivity index (χ1n) is 25.6. The molecule has 0 spiro atoms. The first-order valence-corrected chi connectivity index (χ1v) is 25.6. The lowest BCUT2D eigenvalue weighted by atomic mass is 9.75. The standard InChI is InChI=1S/C67H56N2/c1-67(2)59-25-10-9-22-52(59)55-23-15-24-56(66(55)67)65-54-39-37-50(68-60-26-11-5-17-44(60)31-32-45-18-6-12-27-61(45)68)41-57(54)64(49-35-30-43-16-3-4-21-48(43)40-49)53-38-36-51(42-58(53)65)69-62-28-13-7-19-46(62)33-34-47-20-8-14-29-63(47)69/h3,5,7-8,10-17,19-20,23-30,35-42H,4,6,9,18,21-22,31-34H2,1-2H3. The summed E-state index contributed by atoms with van der Waals surface area (Å²) in [6.45, 7) is 4.95. The summed E-state index contributed by atoms with van der Waals surface area (Å²) in [7, 11) is 0. The fraction of sp³-hybridized carbons (Fsp3) is 0.194. The van der Waals surface area contributed by atoms with Gasteiger partial charge in [0.2, 0.25) is 0 Å². The van der Waals surface area contributed by atoms with Gasteiger partial charge in [-0.3, -0.25) is 0 Å². The van der Waals surface area contributed by atoms with Crippen molar-refractivity contribution in [1.82, 2.24) is 0 Å². The highest BCUT2D eigenvalue weighted by Crippen LogP contribution is 2.56. The highest BCUT2D eigenvalue weighted by atomic mass is 15.2. The van der Waals surface area contributed by atoms with Crippen LogP contribution in [0.3, 0.4) is 0 Å². The molecule has 14 rings (SSSR count). The van der Waals surface area contributed by atoms with Crippen LogP contribution in [0, 0.1) is 0 Å². The molecule has 0 radical (unpaired) electrons. The average Bonchev–Trinajstić information content (AvgIpc) is 3.50. The van der Waals surface area contributed by atoms with Crippen molar-refractivity contribution in [3.63, 3.8) is 0 Å². The van der Waals surface area contributed by atoms with Crippen molar-refractivity contribution in [3.8, 4) is 22.3 Å².